The Morgan fingerprint density at radius 1 is 1.57 bits per heavy atom. The third-order valence-corrected chi connectivity index (χ3v) is 1.91. The molecule has 0 radical (unpaired) electrons. The highest BCUT2D eigenvalue weighted by Gasteiger charge is 2.13. The van der Waals surface area contributed by atoms with Crippen molar-refractivity contribution in [3.63, 3.8) is 0 Å². The topological polar surface area (TPSA) is 80.0 Å². The van der Waals surface area contributed by atoms with E-state index in [1.807, 2.05) is 0 Å². The monoisotopic (exact) mass is 212 g/mol. The lowest BCUT2D eigenvalue weighted by Crippen LogP contribution is -2.08. The molecule has 0 atom stereocenters. The smallest absolute Gasteiger partial charge is 0.306 e. The number of rotatable bonds is 2. The first-order chi connectivity index (χ1) is 6.44. The summed E-state index contributed by atoms with van der Waals surface area (Å²) in [6.45, 7) is 1.64. The molecule has 0 saturated heterocycles. The van der Waals surface area contributed by atoms with E-state index >= 15 is 0 Å². The maximum atomic E-state index is 10.9. The molecule has 0 amide bonds. The molecular weight excluding hydrogens is 204 g/mol. The average Bonchev–Trinajstić information content (AvgIpc) is 2.06. The molecule has 0 aliphatic rings. The van der Waals surface area contributed by atoms with Crippen LogP contribution in [0.5, 0.6) is 5.75 Å². The van der Waals surface area contributed by atoms with Crippen LogP contribution >= 0.6 is 0 Å². The molecule has 1 aromatic rings. The Kier molecular flexibility index (Phi) is 2.72. The Morgan fingerprint density at radius 2 is 2.21 bits per heavy atom. The molecular formula is C8H8N2O3S. The van der Waals surface area contributed by atoms with Gasteiger partial charge in [-0.1, -0.05) is 0 Å². The summed E-state index contributed by atoms with van der Waals surface area (Å²) in [5, 5.41) is 8.65. The number of hydrogen-bond donors (Lipinski definition) is 0. The van der Waals surface area contributed by atoms with E-state index in [1.54, 1.807) is 19.1 Å². The Hall–Kier alpha value is -1.61. The van der Waals surface area contributed by atoms with Gasteiger partial charge in [-0.15, -0.1) is 0 Å². The molecule has 0 N–H and O–H groups in total. The maximum Gasteiger partial charge on any atom is 0.306 e. The second-order valence-electron chi connectivity index (χ2n) is 2.70. The van der Waals surface area contributed by atoms with Gasteiger partial charge in [0, 0.05) is 6.20 Å². The van der Waals surface area contributed by atoms with Crippen molar-refractivity contribution in [2.45, 2.75) is 6.92 Å². The minimum Gasteiger partial charge on any atom is -0.379 e. The largest absolute Gasteiger partial charge is 0.379 e. The van der Waals surface area contributed by atoms with Gasteiger partial charge in [0.25, 0.3) is 0 Å². The first-order valence-electron chi connectivity index (χ1n) is 3.69. The number of hydrogen-bond acceptors (Lipinski definition) is 5. The molecule has 0 spiro atoms. The van der Waals surface area contributed by atoms with Crippen LogP contribution in [0.3, 0.4) is 0 Å². The first-order valence-corrected chi connectivity index (χ1v) is 5.51. The van der Waals surface area contributed by atoms with Crippen LogP contribution in [0.4, 0.5) is 0 Å². The summed E-state index contributed by atoms with van der Waals surface area (Å²) >= 11 is 0. The molecule has 0 aliphatic carbocycles. The number of aromatic nitrogens is 1. The van der Waals surface area contributed by atoms with Crippen LogP contribution in [0.2, 0.25) is 0 Å². The summed E-state index contributed by atoms with van der Waals surface area (Å²) in [6.07, 6.45) is 2.34. The van der Waals surface area contributed by atoms with Gasteiger partial charge in [0.15, 0.2) is 11.4 Å². The fourth-order valence-electron chi connectivity index (χ4n) is 0.881. The van der Waals surface area contributed by atoms with Gasteiger partial charge in [0.1, 0.15) is 6.07 Å². The van der Waals surface area contributed by atoms with Gasteiger partial charge in [-0.25, -0.2) is 4.98 Å². The summed E-state index contributed by atoms with van der Waals surface area (Å²) in [4.78, 5) is 3.69. The Balaban J connectivity index is 3.27. The molecule has 0 unspecified atom stereocenters. The predicted octanol–water partition coefficient (Wildman–Crippen LogP) is 0.600. The van der Waals surface area contributed by atoms with Crippen LogP contribution < -0.4 is 4.18 Å². The van der Waals surface area contributed by atoms with E-state index in [-0.39, 0.29) is 11.4 Å². The van der Waals surface area contributed by atoms with E-state index in [2.05, 4.69) is 9.17 Å². The van der Waals surface area contributed by atoms with Gasteiger partial charge in [-0.2, -0.15) is 13.7 Å². The number of pyridine rings is 1. The van der Waals surface area contributed by atoms with E-state index in [0.717, 1.165) is 6.26 Å². The minimum absolute atomic E-state index is 0.00231. The van der Waals surface area contributed by atoms with Crippen molar-refractivity contribution >= 4 is 10.1 Å². The van der Waals surface area contributed by atoms with E-state index in [0.29, 0.717) is 5.56 Å². The van der Waals surface area contributed by atoms with Gasteiger partial charge in [-0.3, -0.25) is 0 Å². The maximum absolute atomic E-state index is 10.9. The van der Waals surface area contributed by atoms with Crippen LogP contribution in [0.1, 0.15) is 11.3 Å². The van der Waals surface area contributed by atoms with Crippen molar-refractivity contribution < 1.29 is 12.6 Å². The molecule has 74 valence electrons. The van der Waals surface area contributed by atoms with E-state index < -0.39 is 10.1 Å². The van der Waals surface area contributed by atoms with Crippen molar-refractivity contribution in [2.24, 2.45) is 0 Å². The summed E-state index contributed by atoms with van der Waals surface area (Å²) in [5.74, 6) is -0.00231. The molecule has 1 rings (SSSR count). The van der Waals surface area contributed by atoms with E-state index in [1.165, 1.54) is 6.20 Å². The summed E-state index contributed by atoms with van der Waals surface area (Å²) in [7, 11) is -3.62. The molecule has 14 heavy (non-hydrogen) atoms. The normalized spacial score (nSPS) is 10.6. The summed E-state index contributed by atoms with van der Waals surface area (Å²) in [6, 6.07) is 3.33. The first kappa shape index (κ1) is 10.5. The zero-order chi connectivity index (χ0) is 10.8. The molecule has 0 saturated carbocycles. The van der Waals surface area contributed by atoms with Crippen molar-refractivity contribution in [1.82, 2.24) is 4.98 Å². The van der Waals surface area contributed by atoms with Crippen molar-refractivity contribution in [2.75, 3.05) is 6.26 Å². The second kappa shape index (κ2) is 3.64. The van der Waals surface area contributed by atoms with Crippen molar-refractivity contribution in [1.29, 1.82) is 5.26 Å². The number of nitrogens with zero attached hydrogens (tertiary/aromatic N) is 2. The SMILES string of the molecule is Cc1ccnc(C#N)c1OS(C)(=O)=O. The quantitative estimate of drug-likeness (QED) is 0.670. The molecule has 1 heterocycles. The fourth-order valence-corrected chi connectivity index (χ4v) is 1.39. The van der Waals surface area contributed by atoms with Gasteiger partial charge < -0.3 is 4.18 Å². The van der Waals surface area contributed by atoms with Crippen LogP contribution in [-0.2, 0) is 10.1 Å². The van der Waals surface area contributed by atoms with E-state index in [9.17, 15) is 8.42 Å². The Labute approximate surface area is 82.1 Å². The van der Waals surface area contributed by atoms with Gasteiger partial charge >= 0.3 is 10.1 Å². The third kappa shape index (κ3) is 2.44. The second-order valence-corrected chi connectivity index (χ2v) is 4.28. The number of aryl methyl sites for hydroxylation is 1. The van der Waals surface area contributed by atoms with Gasteiger partial charge in [0.05, 0.1) is 6.26 Å². The Morgan fingerprint density at radius 3 is 2.71 bits per heavy atom. The number of nitriles is 1. The fraction of sp³-hybridized carbons (Fsp3) is 0.250. The van der Waals surface area contributed by atoms with E-state index in [4.69, 9.17) is 5.26 Å². The molecule has 1 aromatic heterocycles. The van der Waals surface area contributed by atoms with Crippen LogP contribution in [-0.4, -0.2) is 19.7 Å². The minimum atomic E-state index is -3.62. The highest BCUT2D eigenvalue weighted by molar-refractivity contribution is 7.86. The van der Waals surface area contributed by atoms with Crippen LogP contribution in [0.25, 0.3) is 0 Å². The molecule has 0 aromatic carbocycles. The third-order valence-electron chi connectivity index (χ3n) is 1.44. The standard InChI is InChI=1S/C8H8N2O3S/c1-6-3-4-10-7(5-9)8(6)13-14(2,11)12/h3-4H,1-2H3. The van der Waals surface area contributed by atoms with Crippen molar-refractivity contribution in [3.05, 3.63) is 23.5 Å². The lowest BCUT2D eigenvalue weighted by molar-refractivity contribution is 0.488. The molecule has 0 bridgehead atoms. The van der Waals surface area contributed by atoms with Crippen molar-refractivity contribution in [3.8, 4) is 11.8 Å². The predicted molar refractivity (Wildman–Crippen MR) is 49.2 cm³/mol. The summed E-state index contributed by atoms with van der Waals surface area (Å²) in [5.41, 5.74) is 0.525. The van der Waals surface area contributed by atoms with Gasteiger partial charge in [-0.05, 0) is 18.6 Å². The lowest BCUT2D eigenvalue weighted by atomic mass is 10.2. The Bertz CT molecular complexity index is 488. The van der Waals surface area contributed by atoms with Crippen LogP contribution in [0.15, 0.2) is 12.3 Å². The van der Waals surface area contributed by atoms with Gasteiger partial charge in [0.2, 0.25) is 0 Å². The highest BCUT2D eigenvalue weighted by Crippen LogP contribution is 2.21. The summed E-state index contributed by atoms with van der Waals surface area (Å²) < 4.78 is 26.4. The average molecular weight is 212 g/mol. The molecule has 0 aliphatic heterocycles. The molecule has 6 heteroatoms. The lowest BCUT2D eigenvalue weighted by Gasteiger charge is -2.06. The molecule has 5 nitrogen and oxygen atoms in total. The van der Waals surface area contributed by atoms with Crippen LogP contribution in [0, 0.1) is 18.3 Å². The zero-order valence-electron chi connectivity index (χ0n) is 7.68. The molecule has 0 fully saturated rings. The zero-order valence-corrected chi connectivity index (χ0v) is 8.50. The highest BCUT2D eigenvalue weighted by atomic mass is 32.2.